The second kappa shape index (κ2) is 8.90. The lowest BCUT2D eigenvalue weighted by molar-refractivity contribution is -0.115. The molecule has 148 valence electrons. The Morgan fingerprint density at radius 2 is 1.61 bits per heavy atom. The van der Waals surface area contributed by atoms with Gasteiger partial charge in [-0.15, -0.1) is 0 Å². The molecular formula is C20H23N3O5. The number of phenolic OH excluding ortho intramolecular Hbond substituents is 1. The zero-order valence-corrected chi connectivity index (χ0v) is 15.9. The number of alkyl carbamates (subject to hydrolysis) is 1. The van der Waals surface area contributed by atoms with Crippen LogP contribution in [0, 0.1) is 0 Å². The highest BCUT2D eigenvalue weighted by atomic mass is 16.6. The van der Waals surface area contributed by atoms with Crippen LogP contribution in [0.1, 0.15) is 31.1 Å². The Morgan fingerprint density at radius 3 is 2.25 bits per heavy atom. The third kappa shape index (κ3) is 6.99. The van der Waals surface area contributed by atoms with Gasteiger partial charge in [-0.05, 0) is 57.2 Å². The molecule has 0 aromatic heterocycles. The van der Waals surface area contributed by atoms with Crippen LogP contribution in [-0.4, -0.2) is 35.2 Å². The van der Waals surface area contributed by atoms with Crippen LogP contribution in [0.15, 0.2) is 48.5 Å². The summed E-state index contributed by atoms with van der Waals surface area (Å²) in [6.45, 7) is 4.92. The van der Waals surface area contributed by atoms with Crippen molar-refractivity contribution in [1.82, 2.24) is 5.32 Å². The predicted octanol–water partition coefficient (Wildman–Crippen LogP) is 3.11. The number of amides is 3. The largest absolute Gasteiger partial charge is 0.508 e. The van der Waals surface area contributed by atoms with Crippen molar-refractivity contribution in [2.75, 3.05) is 17.2 Å². The lowest BCUT2D eigenvalue weighted by Crippen LogP contribution is -2.37. The first-order valence-corrected chi connectivity index (χ1v) is 8.59. The molecule has 8 heteroatoms. The summed E-state index contributed by atoms with van der Waals surface area (Å²) in [6, 6.07) is 12.5. The van der Waals surface area contributed by atoms with Crippen LogP contribution in [0.3, 0.4) is 0 Å². The molecule has 0 aliphatic heterocycles. The average Bonchev–Trinajstić information content (AvgIpc) is 2.59. The Bertz CT molecular complexity index is 874. The zero-order valence-electron chi connectivity index (χ0n) is 15.9. The molecule has 4 N–H and O–H groups in total. The molecule has 2 rings (SSSR count). The summed E-state index contributed by atoms with van der Waals surface area (Å²) in [6.07, 6.45) is -0.685. The van der Waals surface area contributed by atoms with E-state index in [1.54, 1.807) is 57.2 Å². The molecule has 0 aliphatic rings. The van der Waals surface area contributed by atoms with Crippen LogP contribution in [0.5, 0.6) is 5.75 Å². The van der Waals surface area contributed by atoms with Crippen molar-refractivity contribution in [1.29, 1.82) is 0 Å². The molecule has 8 nitrogen and oxygen atoms in total. The lowest BCUT2D eigenvalue weighted by atomic mass is 10.2. The number of phenols is 1. The van der Waals surface area contributed by atoms with E-state index in [2.05, 4.69) is 16.0 Å². The summed E-state index contributed by atoms with van der Waals surface area (Å²) in [7, 11) is 0. The molecule has 28 heavy (non-hydrogen) atoms. The average molecular weight is 385 g/mol. The molecule has 0 atom stereocenters. The molecule has 2 aromatic rings. The molecule has 0 saturated carbocycles. The van der Waals surface area contributed by atoms with Crippen LogP contribution in [0.2, 0.25) is 0 Å². The van der Waals surface area contributed by atoms with E-state index < -0.39 is 23.5 Å². The quantitative estimate of drug-likeness (QED) is 0.631. The fraction of sp³-hybridized carbons (Fsp3) is 0.250. The normalized spacial score (nSPS) is 10.7. The molecule has 0 spiro atoms. The number of anilines is 2. The summed E-state index contributed by atoms with van der Waals surface area (Å²) in [5.41, 5.74) is 0.565. The summed E-state index contributed by atoms with van der Waals surface area (Å²) in [4.78, 5) is 35.8. The Labute approximate surface area is 162 Å². The van der Waals surface area contributed by atoms with Gasteiger partial charge in [-0.2, -0.15) is 0 Å². The van der Waals surface area contributed by atoms with Crippen molar-refractivity contribution in [3.63, 3.8) is 0 Å². The standard InChI is InChI=1S/C20H23N3O5/c1-20(2,3)28-19(27)21-12-17(25)22-14-7-5-8-15(11-14)23-18(26)13-6-4-9-16(24)10-13/h4-11,24H,12H2,1-3H3,(H,21,27)(H,22,25)(H,23,26). The topological polar surface area (TPSA) is 117 Å². The highest BCUT2D eigenvalue weighted by Crippen LogP contribution is 2.17. The number of ether oxygens (including phenoxy) is 1. The van der Waals surface area contributed by atoms with E-state index in [9.17, 15) is 19.5 Å². The van der Waals surface area contributed by atoms with Crippen molar-refractivity contribution >= 4 is 29.3 Å². The molecular weight excluding hydrogens is 362 g/mol. The van der Waals surface area contributed by atoms with Gasteiger partial charge < -0.3 is 25.8 Å². The third-order valence-corrected chi connectivity index (χ3v) is 3.30. The first kappa shape index (κ1) is 20.8. The van der Waals surface area contributed by atoms with E-state index >= 15 is 0 Å². The maximum absolute atomic E-state index is 12.2. The van der Waals surface area contributed by atoms with Gasteiger partial charge in [-0.3, -0.25) is 9.59 Å². The highest BCUT2D eigenvalue weighted by molar-refractivity contribution is 6.05. The van der Waals surface area contributed by atoms with E-state index in [4.69, 9.17) is 4.74 Å². The van der Waals surface area contributed by atoms with Crippen LogP contribution in [0.4, 0.5) is 16.2 Å². The molecule has 3 amide bonds. The molecule has 2 aromatic carbocycles. The monoisotopic (exact) mass is 385 g/mol. The number of carbonyl (C=O) groups excluding carboxylic acids is 3. The first-order valence-electron chi connectivity index (χ1n) is 8.59. The first-order chi connectivity index (χ1) is 13.1. The van der Waals surface area contributed by atoms with Gasteiger partial charge in [0.15, 0.2) is 0 Å². The number of rotatable bonds is 5. The Hall–Kier alpha value is -3.55. The Balaban J connectivity index is 1.91. The minimum absolute atomic E-state index is 0.00819. The molecule has 0 heterocycles. The summed E-state index contributed by atoms with van der Waals surface area (Å²) < 4.78 is 5.06. The van der Waals surface area contributed by atoms with E-state index in [1.807, 2.05) is 0 Å². The lowest BCUT2D eigenvalue weighted by Gasteiger charge is -2.19. The second-order valence-corrected chi connectivity index (χ2v) is 6.99. The van der Waals surface area contributed by atoms with Crippen LogP contribution >= 0.6 is 0 Å². The minimum Gasteiger partial charge on any atom is -0.508 e. The van der Waals surface area contributed by atoms with Crippen LogP contribution in [0.25, 0.3) is 0 Å². The van der Waals surface area contributed by atoms with Gasteiger partial charge in [0, 0.05) is 16.9 Å². The van der Waals surface area contributed by atoms with Crippen molar-refractivity contribution in [2.24, 2.45) is 0 Å². The van der Waals surface area contributed by atoms with E-state index in [0.29, 0.717) is 16.9 Å². The predicted molar refractivity (Wildman–Crippen MR) is 105 cm³/mol. The number of aromatic hydroxyl groups is 1. The smallest absolute Gasteiger partial charge is 0.408 e. The number of carbonyl (C=O) groups is 3. The van der Waals surface area contributed by atoms with Crippen LogP contribution in [-0.2, 0) is 9.53 Å². The van der Waals surface area contributed by atoms with Crippen molar-refractivity contribution in [2.45, 2.75) is 26.4 Å². The van der Waals surface area contributed by atoms with E-state index in [1.165, 1.54) is 12.1 Å². The second-order valence-electron chi connectivity index (χ2n) is 6.99. The summed E-state index contributed by atoms with van der Waals surface area (Å²) >= 11 is 0. The van der Waals surface area contributed by atoms with Gasteiger partial charge in [0.2, 0.25) is 5.91 Å². The van der Waals surface area contributed by atoms with Gasteiger partial charge >= 0.3 is 6.09 Å². The van der Waals surface area contributed by atoms with E-state index in [-0.39, 0.29) is 12.3 Å². The molecule has 0 bridgehead atoms. The van der Waals surface area contributed by atoms with Crippen molar-refractivity contribution in [3.05, 3.63) is 54.1 Å². The third-order valence-electron chi connectivity index (χ3n) is 3.30. The molecule has 0 fully saturated rings. The maximum Gasteiger partial charge on any atom is 0.408 e. The molecule has 0 aliphatic carbocycles. The van der Waals surface area contributed by atoms with E-state index in [0.717, 1.165) is 0 Å². The van der Waals surface area contributed by atoms with Crippen LogP contribution < -0.4 is 16.0 Å². The molecule has 0 unspecified atom stereocenters. The summed E-state index contributed by atoms with van der Waals surface area (Å²) in [5.74, 6) is -0.848. The number of hydrogen-bond acceptors (Lipinski definition) is 5. The van der Waals surface area contributed by atoms with Gasteiger partial charge in [-0.1, -0.05) is 12.1 Å². The van der Waals surface area contributed by atoms with Crippen molar-refractivity contribution in [3.8, 4) is 5.75 Å². The Morgan fingerprint density at radius 1 is 0.964 bits per heavy atom. The fourth-order valence-corrected chi connectivity index (χ4v) is 2.20. The number of hydrogen-bond donors (Lipinski definition) is 4. The fourth-order valence-electron chi connectivity index (χ4n) is 2.20. The van der Waals surface area contributed by atoms with Crippen molar-refractivity contribution < 1.29 is 24.2 Å². The van der Waals surface area contributed by atoms with Gasteiger partial charge in [0.05, 0.1) is 0 Å². The van der Waals surface area contributed by atoms with Gasteiger partial charge in [0.1, 0.15) is 17.9 Å². The highest BCUT2D eigenvalue weighted by Gasteiger charge is 2.16. The van der Waals surface area contributed by atoms with Gasteiger partial charge in [0.25, 0.3) is 5.91 Å². The SMILES string of the molecule is CC(C)(C)OC(=O)NCC(=O)Nc1cccc(NC(=O)c2cccc(O)c2)c1. The maximum atomic E-state index is 12.2. The van der Waals surface area contributed by atoms with Gasteiger partial charge in [-0.25, -0.2) is 4.79 Å². The Kier molecular flexibility index (Phi) is 6.59. The molecule has 0 radical (unpaired) electrons. The molecule has 0 saturated heterocycles. The summed E-state index contributed by atoms with van der Waals surface area (Å²) in [5, 5.41) is 17.1. The minimum atomic E-state index is -0.685. The number of nitrogens with one attached hydrogen (secondary N) is 3. The number of benzene rings is 2. The zero-order chi connectivity index (χ0) is 20.7.